The van der Waals surface area contributed by atoms with Crippen LogP contribution in [0.25, 0.3) is 72.2 Å². The van der Waals surface area contributed by atoms with Gasteiger partial charge in [-0.3, -0.25) is 0 Å². The van der Waals surface area contributed by atoms with Gasteiger partial charge in [-0.2, -0.15) is 0 Å². The summed E-state index contributed by atoms with van der Waals surface area (Å²) < 4.78 is 6.20. The predicted molar refractivity (Wildman–Crippen MR) is 188 cm³/mol. The maximum Gasteiger partial charge on any atom is 0.164 e. The van der Waals surface area contributed by atoms with Crippen molar-refractivity contribution in [2.45, 2.75) is 6.92 Å². The minimum absolute atomic E-state index is 0.0537. The van der Waals surface area contributed by atoms with Crippen LogP contribution in [0.3, 0.4) is 0 Å². The molecule has 7 aromatic rings. The fourth-order valence-corrected chi connectivity index (χ4v) is 6.77. The van der Waals surface area contributed by atoms with Crippen molar-refractivity contribution in [3.05, 3.63) is 158 Å². The highest BCUT2D eigenvalue weighted by Crippen LogP contribution is 2.42. The zero-order chi connectivity index (χ0) is 30.7. The van der Waals surface area contributed by atoms with Gasteiger partial charge in [0, 0.05) is 38.8 Å². The largest absolute Gasteiger partial charge is 0.456 e. The van der Waals surface area contributed by atoms with Gasteiger partial charge in [-0.1, -0.05) is 134 Å². The van der Waals surface area contributed by atoms with Crippen molar-refractivity contribution >= 4 is 38.3 Å². The van der Waals surface area contributed by atoms with Crippen molar-refractivity contribution in [1.29, 1.82) is 0 Å². The van der Waals surface area contributed by atoms with Gasteiger partial charge in [0.15, 0.2) is 17.5 Å². The van der Waals surface area contributed by atoms with E-state index in [1.807, 2.05) is 18.2 Å². The monoisotopic (exact) mass is 591 g/mol. The highest BCUT2D eigenvalue weighted by molar-refractivity contribution is 6.12. The van der Waals surface area contributed by atoms with E-state index in [1.54, 1.807) is 0 Å². The van der Waals surface area contributed by atoms with Crippen LogP contribution in [-0.4, -0.2) is 15.0 Å². The Morgan fingerprint density at radius 1 is 0.609 bits per heavy atom. The second-order valence-corrected chi connectivity index (χ2v) is 12.3. The summed E-state index contributed by atoms with van der Waals surface area (Å²) in [4.78, 5) is 15.3. The molecule has 218 valence electrons. The number of rotatable bonds is 4. The van der Waals surface area contributed by atoms with Gasteiger partial charge in [0.2, 0.25) is 0 Å². The molecule has 2 aliphatic rings. The lowest BCUT2D eigenvalue weighted by Gasteiger charge is -2.33. The first-order chi connectivity index (χ1) is 22.6. The van der Waals surface area contributed by atoms with E-state index in [0.717, 1.165) is 55.2 Å². The highest BCUT2D eigenvalue weighted by Gasteiger charge is 2.31. The molecule has 2 atom stereocenters. The van der Waals surface area contributed by atoms with E-state index in [0.29, 0.717) is 17.5 Å². The predicted octanol–water partition coefficient (Wildman–Crippen LogP) is 10.6. The quantitative estimate of drug-likeness (QED) is 0.204. The summed E-state index contributed by atoms with van der Waals surface area (Å²) in [7, 11) is 0. The molecule has 0 radical (unpaired) electrons. The molecule has 9 rings (SSSR count). The standard InChI is InChI=1S/C42H29N3O/c1-42-22-7-6-14-33(42)26-32(21-23-42)41-44-39(43-40(45-41)31-20-19-27-10-2-3-11-28(27)24-31)30-13-8-12-29(25-30)34-16-9-18-37-38(34)35-15-4-5-17-36(35)46-37/h2-26,33H,1H3. The van der Waals surface area contributed by atoms with E-state index in [4.69, 9.17) is 19.4 Å². The van der Waals surface area contributed by atoms with E-state index >= 15 is 0 Å². The molecule has 0 fully saturated rings. The fraction of sp³-hybridized carbons (Fsp3) is 0.0714. The van der Waals surface area contributed by atoms with Crippen LogP contribution in [0.5, 0.6) is 0 Å². The maximum absolute atomic E-state index is 6.20. The molecule has 2 aliphatic carbocycles. The number of furan rings is 1. The van der Waals surface area contributed by atoms with Gasteiger partial charge in [-0.05, 0) is 46.2 Å². The van der Waals surface area contributed by atoms with Crippen molar-refractivity contribution in [2.24, 2.45) is 11.3 Å². The molecule has 0 spiro atoms. The van der Waals surface area contributed by atoms with Gasteiger partial charge >= 0.3 is 0 Å². The summed E-state index contributed by atoms with van der Waals surface area (Å²) in [5.74, 6) is 2.19. The zero-order valence-electron chi connectivity index (χ0n) is 25.3. The third-order valence-electron chi connectivity index (χ3n) is 9.32. The van der Waals surface area contributed by atoms with Gasteiger partial charge in [-0.25, -0.2) is 15.0 Å². The van der Waals surface area contributed by atoms with E-state index in [1.165, 1.54) is 5.39 Å². The topological polar surface area (TPSA) is 51.8 Å². The maximum atomic E-state index is 6.20. The molecular formula is C42H29N3O. The number of benzene rings is 5. The molecule has 0 N–H and O–H groups in total. The lowest BCUT2D eigenvalue weighted by molar-refractivity contribution is 0.454. The fourth-order valence-electron chi connectivity index (χ4n) is 6.77. The van der Waals surface area contributed by atoms with Gasteiger partial charge in [0.05, 0.1) is 0 Å². The van der Waals surface area contributed by atoms with Crippen LogP contribution in [0.1, 0.15) is 12.7 Å². The molecule has 4 heteroatoms. The smallest absolute Gasteiger partial charge is 0.164 e. The summed E-state index contributed by atoms with van der Waals surface area (Å²) in [5.41, 5.74) is 6.79. The summed E-state index contributed by atoms with van der Waals surface area (Å²) in [6.07, 6.45) is 15.5. The molecule has 4 nitrogen and oxygen atoms in total. The molecule has 0 bridgehead atoms. The minimum Gasteiger partial charge on any atom is -0.456 e. The summed E-state index contributed by atoms with van der Waals surface area (Å²) >= 11 is 0. The van der Waals surface area contributed by atoms with Gasteiger partial charge < -0.3 is 4.42 Å². The summed E-state index contributed by atoms with van der Waals surface area (Å²) in [6, 6.07) is 37.7. The van der Waals surface area contributed by atoms with Crippen LogP contribution in [0.15, 0.2) is 156 Å². The minimum atomic E-state index is -0.0537. The number of fused-ring (bicyclic) bond motifs is 5. The Kier molecular flexibility index (Phi) is 5.97. The first-order valence-corrected chi connectivity index (χ1v) is 15.7. The normalized spacial score (nSPS) is 18.7. The second-order valence-electron chi connectivity index (χ2n) is 12.3. The van der Waals surface area contributed by atoms with E-state index in [-0.39, 0.29) is 11.3 Å². The summed E-state index contributed by atoms with van der Waals surface area (Å²) in [5, 5.41) is 4.55. The number of hydrogen-bond acceptors (Lipinski definition) is 4. The number of hydrogen-bond donors (Lipinski definition) is 0. The highest BCUT2D eigenvalue weighted by atomic mass is 16.3. The second kappa shape index (κ2) is 10.4. The lowest BCUT2D eigenvalue weighted by Crippen LogP contribution is -2.24. The molecule has 2 aromatic heterocycles. The van der Waals surface area contributed by atoms with Crippen LogP contribution in [0.2, 0.25) is 0 Å². The van der Waals surface area contributed by atoms with Crippen molar-refractivity contribution in [1.82, 2.24) is 15.0 Å². The van der Waals surface area contributed by atoms with Crippen molar-refractivity contribution in [2.75, 3.05) is 0 Å². The Labute approximate surface area is 266 Å². The van der Waals surface area contributed by atoms with E-state index < -0.39 is 0 Å². The Bertz CT molecular complexity index is 2460. The number of nitrogens with zero attached hydrogens (tertiary/aromatic N) is 3. The number of aromatic nitrogens is 3. The van der Waals surface area contributed by atoms with Crippen LogP contribution in [0, 0.1) is 11.3 Å². The molecule has 0 saturated heterocycles. The van der Waals surface area contributed by atoms with Gasteiger partial charge in [0.1, 0.15) is 11.2 Å². The SMILES string of the molecule is CC12C=CC=CC1C=C(c1nc(-c3cccc(-c4cccc5oc6ccccc6c45)c3)nc(-c3ccc4ccccc4c3)n1)C=C2. The third kappa shape index (κ3) is 4.41. The zero-order valence-corrected chi connectivity index (χ0v) is 25.3. The van der Waals surface area contributed by atoms with E-state index in [9.17, 15) is 0 Å². The first kappa shape index (κ1) is 26.5. The third-order valence-corrected chi connectivity index (χ3v) is 9.32. The van der Waals surface area contributed by atoms with Crippen molar-refractivity contribution < 1.29 is 4.42 Å². The molecular weight excluding hydrogens is 562 g/mol. The van der Waals surface area contributed by atoms with Crippen LogP contribution in [-0.2, 0) is 0 Å². The number of allylic oxidation sites excluding steroid dienone is 8. The lowest BCUT2D eigenvalue weighted by atomic mass is 9.71. The van der Waals surface area contributed by atoms with Gasteiger partial charge in [0.25, 0.3) is 0 Å². The molecule has 5 aromatic carbocycles. The average Bonchev–Trinajstić information content (AvgIpc) is 3.50. The Morgan fingerprint density at radius 2 is 1.35 bits per heavy atom. The molecule has 0 aliphatic heterocycles. The Hall–Kier alpha value is -5.87. The van der Waals surface area contributed by atoms with Crippen molar-refractivity contribution in [3.63, 3.8) is 0 Å². The molecule has 0 amide bonds. The number of para-hydroxylation sites is 1. The molecule has 0 saturated carbocycles. The molecule has 2 unspecified atom stereocenters. The Balaban J connectivity index is 1.21. The Morgan fingerprint density at radius 3 is 2.26 bits per heavy atom. The first-order valence-electron chi connectivity index (χ1n) is 15.7. The van der Waals surface area contributed by atoms with E-state index in [2.05, 4.69) is 140 Å². The van der Waals surface area contributed by atoms with Crippen molar-refractivity contribution in [3.8, 4) is 33.9 Å². The molecule has 2 heterocycles. The summed E-state index contributed by atoms with van der Waals surface area (Å²) in [6.45, 7) is 2.26. The molecule has 46 heavy (non-hydrogen) atoms. The van der Waals surface area contributed by atoms with Crippen LogP contribution in [0.4, 0.5) is 0 Å². The van der Waals surface area contributed by atoms with Gasteiger partial charge in [-0.15, -0.1) is 0 Å². The average molecular weight is 592 g/mol. The van der Waals surface area contributed by atoms with Crippen LogP contribution >= 0.6 is 0 Å². The van der Waals surface area contributed by atoms with Crippen LogP contribution < -0.4 is 0 Å².